The maximum atomic E-state index is 13.5. The van der Waals surface area contributed by atoms with Crippen molar-refractivity contribution >= 4 is 11.8 Å². The van der Waals surface area contributed by atoms with Crippen molar-refractivity contribution in [3.8, 4) is 0 Å². The van der Waals surface area contributed by atoms with E-state index in [1.807, 2.05) is 6.92 Å². The van der Waals surface area contributed by atoms with Crippen LogP contribution >= 0.6 is 0 Å². The highest BCUT2D eigenvalue weighted by Crippen LogP contribution is 2.71. The van der Waals surface area contributed by atoms with Crippen LogP contribution in [0.5, 0.6) is 0 Å². The van der Waals surface area contributed by atoms with Gasteiger partial charge in [0, 0.05) is 30.8 Å². The van der Waals surface area contributed by atoms with Crippen molar-refractivity contribution in [1.29, 1.82) is 0 Å². The van der Waals surface area contributed by atoms with E-state index in [2.05, 4.69) is 13.8 Å². The first kappa shape index (κ1) is 20.3. The van der Waals surface area contributed by atoms with E-state index in [-0.39, 0.29) is 29.6 Å². The lowest BCUT2D eigenvalue weighted by atomic mass is 9.39. The zero-order valence-electron chi connectivity index (χ0n) is 17.4. The number of esters is 1. The summed E-state index contributed by atoms with van der Waals surface area (Å²) in [5.41, 5.74) is -2.11. The van der Waals surface area contributed by atoms with Crippen molar-refractivity contribution in [2.45, 2.75) is 78.1 Å². The standard InChI is InChI=1S/C22H34O6/c1-11-13-8-14(28-12(2)24)17-21(10-23)7-5-6-20(3,4)15(21)9-16(25)22(17,18(11)26)19(13)27/h11,13-17,19,23,25,27H,5-10H2,1-4H3/t11-,13+,14+,15-,16-,17+,19-,21+,22?/m1/s1. The lowest BCUT2D eigenvalue weighted by Crippen LogP contribution is -2.72. The van der Waals surface area contributed by atoms with Gasteiger partial charge in [-0.05, 0) is 42.9 Å². The van der Waals surface area contributed by atoms with Gasteiger partial charge < -0.3 is 20.1 Å². The van der Waals surface area contributed by atoms with Crippen LogP contribution in [0.25, 0.3) is 0 Å². The van der Waals surface area contributed by atoms with Crippen molar-refractivity contribution in [3.05, 3.63) is 0 Å². The zero-order chi connectivity index (χ0) is 20.6. The molecule has 0 aliphatic heterocycles. The number of ether oxygens (including phenoxy) is 1. The largest absolute Gasteiger partial charge is 0.462 e. The van der Waals surface area contributed by atoms with Crippen molar-refractivity contribution in [1.82, 2.24) is 0 Å². The van der Waals surface area contributed by atoms with E-state index in [9.17, 15) is 24.9 Å². The number of carbonyl (C=O) groups is 2. The first-order valence-electron chi connectivity index (χ1n) is 10.7. The highest BCUT2D eigenvalue weighted by Gasteiger charge is 2.77. The van der Waals surface area contributed by atoms with Crippen LogP contribution in [-0.2, 0) is 14.3 Å². The summed E-state index contributed by atoms with van der Waals surface area (Å²) in [6.07, 6.45) is 0.874. The Bertz CT molecular complexity index is 689. The van der Waals surface area contributed by atoms with Gasteiger partial charge in [-0.1, -0.05) is 27.2 Å². The molecule has 0 heterocycles. The molecule has 0 amide bonds. The van der Waals surface area contributed by atoms with E-state index >= 15 is 0 Å². The van der Waals surface area contributed by atoms with E-state index < -0.39 is 46.9 Å². The molecule has 3 N–H and O–H groups in total. The third-order valence-corrected chi connectivity index (χ3v) is 9.11. The molecule has 4 saturated carbocycles. The molecule has 6 heteroatoms. The summed E-state index contributed by atoms with van der Waals surface area (Å²) >= 11 is 0. The minimum Gasteiger partial charge on any atom is -0.462 e. The summed E-state index contributed by atoms with van der Waals surface area (Å²) in [5.74, 6) is -1.83. The number of hydrogen-bond acceptors (Lipinski definition) is 6. The Balaban J connectivity index is 1.94. The van der Waals surface area contributed by atoms with E-state index in [1.54, 1.807) is 0 Å². The van der Waals surface area contributed by atoms with Crippen LogP contribution in [0.3, 0.4) is 0 Å². The number of carbonyl (C=O) groups excluding carboxylic acids is 2. The van der Waals surface area contributed by atoms with Gasteiger partial charge in [-0.15, -0.1) is 0 Å². The van der Waals surface area contributed by atoms with Gasteiger partial charge in [0.05, 0.1) is 17.6 Å². The van der Waals surface area contributed by atoms with Gasteiger partial charge >= 0.3 is 5.97 Å². The molecule has 158 valence electrons. The lowest BCUT2D eigenvalue weighted by molar-refractivity contribution is -0.266. The number of fused-ring (bicyclic) bond motifs is 3. The van der Waals surface area contributed by atoms with Gasteiger partial charge in [0.2, 0.25) is 0 Å². The molecule has 0 radical (unpaired) electrons. The number of ketones is 1. The topological polar surface area (TPSA) is 104 Å². The van der Waals surface area contributed by atoms with Crippen LogP contribution in [0.2, 0.25) is 0 Å². The quantitative estimate of drug-likeness (QED) is 0.616. The molecule has 1 unspecified atom stereocenters. The van der Waals surface area contributed by atoms with E-state index in [1.165, 1.54) is 6.92 Å². The smallest absolute Gasteiger partial charge is 0.302 e. The monoisotopic (exact) mass is 394 g/mol. The van der Waals surface area contributed by atoms with Gasteiger partial charge in [0.1, 0.15) is 11.9 Å². The van der Waals surface area contributed by atoms with Gasteiger partial charge in [0.25, 0.3) is 0 Å². The summed E-state index contributed by atoms with van der Waals surface area (Å²) in [6.45, 7) is 7.37. The number of hydrogen-bond donors (Lipinski definition) is 3. The third kappa shape index (κ3) is 2.25. The molecule has 4 aliphatic rings. The molecule has 0 aromatic rings. The van der Waals surface area contributed by atoms with E-state index in [0.717, 1.165) is 12.8 Å². The Kier molecular flexibility index (Phi) is 4.54. The Morgan fingerprint density at radius 2 is 1.89 bits per heavy atom. The molecule has 1 spiro atoms. The second-order valence-corrected chi connectivity index (χ2v) is 10.6. The molecule has 2 bridgehead atoms. The van der Waals surface area contributed by atoms with Crippen molar-refractivity contribution < 1.29 is 29.6 Å². The molecule has 0 saturated heterocycles. The zero-order valence-corrected chi connectivity index (χ0v) is 17.4. The molecular weight excluding hydrogens is 360 g/mol. The molecule has 9 atom stereocenters. The summed E-state index contributed by atoms with van der Waals surface area (Å²) in [7, 11) is 0. The lowest BCUT2D eigenvalue weighted by Gasteiger charge is -2.66. The number of rotatable bonds is 2. The third-order valence-electron chi connectivity index (χ3n) is 9.11. The summed E-state index contributed by atoms with van der Waals surface area (Å²) < 4.78 is 5.75. The minimum absolute atomic E-state index is 0.00473. The maximum Gasteiger partial charge on any atom is 0.302 e. The van der Waals surface area contributed by atoms with Crippen LogP contribution in [0, 0.1) is 39.9 Å². The molecular formula is C22H34O6. The molecule has 4 fully saturated rings. The first-order valence-corrected chi connectivity index (χ1v) is 10.7. The highest BCUT2D eigenvalue weighted by atomic mass is 16.5. The van der Waals surface area contributed by atoms with Crippen molar-refractivity contribution in [2.75, 3.05) is 6.61 Å². The highest BCUT2D eigenvalue weighted by molar-refractivity contribution is 5.92. The molecule has 0 aromatic carbocycles. The Labute approximate surface area is 166 Å². The molecule has 6 nitrogen and oxygen atoms in total. The Morgan fingerprint density at radius 1 is 1.21 bits per heavy atom. The average molecular weight is 395 g/mol. The molecule has 4 rings (SSSR count). The summed E-state index contributed by atoms with van der Waals surface area (Å²) in [5, 5.41) is 33.4. The maximum absolute atomic E-state index is 13.5. The normalized spacial score (nSPS) is 52.0. The summed E-state index contributed by atoms with van der Waals surface area (Å²) in [6, 6.07) is 0. The fourth-order valence-electron chi connectivity index (χ4n) is 8.12. The first-order chi connectivity index (χ1) is 13.0. The Hall–Kier alpha value is -0.980. The number of Topliss-reactive ketones (excluding diaryl/α,β-unsaturated/α-hetero) is 1. The van der Waals surface area contributed by atoms with Gasteiger partial charge in [-0.2, -0.15) is 0 Å². The predicted molar refractivity (Wildman–Crippen MR) is 101 cm³/mol. The second-order valence-electron chi connectivity index (χ2n) is 10.6. The second kappa shape index (κ2) is 6.26. The number of aliphatic hydroxyl groups excluding tert-OH is 3. The van der Waals surface area contributed by atoms with Crippen LogP contribution in [0.4, 0.5) is 0 Å². The van der Waals surface area contributed by atoms with Crippen molar-refractivity contribution in [3.63, 3.8) is 0 Å². The fourth-order valence-corrected chi connectivity index (χ4v) is 8.12. The average Bonchev–Trinajstić information content (AvgIpc) is 2.73. The van der Waals surface area contributed by atoms with E-state index in [0.29, 0.717) is 19.3 Å². The van der Waals surface area contributed by atoms with Crippen LogP contribution in [0.1, 0.15) is 59.8 Å². The van der Waals surface area contributed by atoms with Crippen molar-refractivity contribution in [2.24, 2.45) is 39.9 Å². The van der Waals surface area contributed by atoms with Crippen LogP contribution in [-0.4, -0.2) is 52.0 Å². The van der Waals surface area contributed by atoms with Crippen LogP contribution in [0.15, 0.2) is 0 Å². The van der Waals surface area contributed by atoms with Gasteiger partial charge in [0.15, 0.2) is 0 Å². The van der Waals surface area contributed by atoms with Gasteiger partial charge in [-0.3, -0.25) is 9.59 Å². The van der Waals surface area contributed by atoms with Crippen LogP contribution < -0.4 is 0 Å². The molecule has 28 heavy (non-hydrogen) atoms. The number of aliphatic hydroxyl groups is 3. The SMILES string of the molecule is CC(=O)O[C@H]1C[C@@H]2[C@@H](O)C3(C(=O)[C@@H]2C)[C@H](O)C[C@@H]2C(C)(C)CCC[C@@]2(CO)[C@H]13. The molecule has 4 aliphatic carbocycles. The predicted octanol–water partition coefficient (Wildman–Crippen LogP) is 1.69. The minimum atomic E-state index is -1.35. The van der Waals surface area contributed by atoms with E-state index in [4.69, 9.17) is 4.74 Å². The summed E-state index contributed by atoms with van der Waals surface area (Å²) in [4.78, 5) is 25.5. The van der Waals surface area contributed by atoms with Gasteiger partial charge in [-0.25, -0.2) is 0 Å². The fraction of sp³-hybridized carbons (Fsp3) is 0.909. The molecule has 0 aromatic heterocycles. The Morgan fingerprint density at radius 3 is 2.50 bits per heavy atom.